The highest BCUT2D eigenvalue weighted by Gasteiger charge is 2.18. The van der Waals surface area contributed by atoms with Crippen molar-refractivity contribution in [1.82, 2.24) is 0 Å². The van der Waals surface area contributed by atoms with Gasteiger partial charge in [0.1, 0.15) is 5.75 Å². The molecule has 0 aliphatic heterocycles. The Morgan fingerprint density at radius 2 is 1.84 bits per heavy atom. The molecule has 0 bridgehead atoms. The molecule has 0 radical (unpaired) electrons. The number of hydrogen-bond acceptors (Lipinski definition) is 4. The maximum Gasteiger partial charge on any atom is 0.343 e. The number of nitro benzene ring substituents is 1. The summed E-state index contributed by atoms with van der Waals surface area (Å²) in [4.78, 5) is 21.4. The number of nitro groups is 1. The maximum absolute atomic E-state index is 13.1. The van der Waals surface area contributed by atoms with Crippen molar-refractivity contribution in [1.29, 1.82) is 0 Å². The van der Waals surface area contributed by atoms with Crippen LogP contribution in [0.15, 0.2) is 48.5 Å². The van der Waals surface area contributed by atoms with Gasteiger partial charge < -0.3 is 4.74 Å². The zero-order chi connectivity index (χ0) is 13.8. The van der Waals surface area contributed by atoms with E-state index in [2.05, 4.69) is 0 Å². The first kappa shape index (κ1) is 12.7. The summed E-state index contributed by atoms with van der Waals surface area (Å²) >= 11 is 0. The molecule has 96 valence electrons. The number of benzene rings is 2. The Hall–Kier alpha value is -2.76. The lowest BCUT2D eigenvalue weighted by atomic mass is 10.2. The Morgan fingerprint density at radius 1 is 1.16 bits per heavy atom. The Balaban J connectivity index is 2.25. The molecular weight excluding hydrogens is 253 g/mol. The lowest BCUT2D eigenvalue weighted by Crippen LogP contribution is -2.09. The predicted octanol–water partition coefficient (Wildman–Crippen LogP) is 2.95. The molecule has 0 aliphatic rings. The second kappa shape index (κ2) is 5.26. The monoisotopic (exact) mass is 261 g/mol. The van der Waals surface area contributed by atoms with Crippen molar-refractivity contribution in [3.63, 3.8) is 0 Å². The first-order valence-electron chi connectivity index (χ1n) is 5.29. The number of carbonyl (C=O) groups is 1. The molecule has 0 heterocycles. The third-order valence-corrected chi connectivity index (χ3v) is 2.33. The summed E-state index contributed by atoms with van der Waals surface area (Å²) in [6.07, 6.45) is 0. The fourth-order valence-electron chi connectivity index (χ4n) is 1.43. The lowest BCUT2D eigenvalue weighted by molar-refractivity contribution is -0.387. The third-order valence-electron chi connectivity index (χ3n) is 2.33. The van der Waals surface area contributed by atoms with Gasteiger partial charge in [-0.15, -0.1) is 0 Å². The Morgan fingerprint density at radius 3 is 2.47 bits per heavy atom. The van der Waals surface area contributed by atoms with Crippen LogP contribution in [0.2, 0.25) is 0 Å². The first-order valence-corrected chi connectivity index (χ1v) is 5.29. The number of esters is 1. The molecule has 5 nitrogen and oxygen atoms in total. The van der Waals surface area contributed by atoms with Gasteiger partial charge in [-0.05, 0) is 24.3 Å². The average molecular weight is 261 g/mol. The van der Waals surface area contributed by atoms with Gasteiger partial charge in [0.15, 0.2) is 0 Å². The van der Waals surface area contributed by atoms with E-state index in [-0.39, 0.29) is 5.56 Å². The van der Waals surface area contributed by atoms with E-state index in [0.29, 0.717) is 5.75 Å². The number of nitrogens with zero attached hydrogens (tertiary/aromatic N) is 1. The molecule has 6 heteroatoms. The van der Waals surface area contributed by atoms with Gasteiger partial charge in [-0.2, -0.15) is 4.39 Å². The van der Waals surface area contributed by atoms with Crippen LogP contribution in [0.3, 0.4) is 0 Å². The maximum atomic E-state index is 13.1. The smallest absolute Gasteiger partial charge is 0.343 e. The molecule has 0 aliphatic carbocycles. The van der Waals surface area contributed by atoms with E-state index in [9.17, 15) is 19.3 Å². The molecule has 0 aromatic heterocycles. The SMILES string of the molecule is O=C(Oc1ccccc1)c1ccc(F)c([N+](=O)[O-])c1. The Kier molecular flexibility index (Phi) is 3.51. The van der Waals surface area contributed by atoms with Gasteiger partial charge in [0.05, 0.1) is 10.5 Å². The molecule has 0 amide bonds. The molecule has 2 rings (SSSR count). The highest BCUT2D eigenvalue weighted by Crippen LogP contribution is 2.20. The number of halogens is 1. The second-order valence-electron chi connectivity index (χ2n) is 3.63. The fraction of sp³-hybridized carbons (Fsp3) is 0. The molecule has 0 atom stereocenters. The molecule has 19 heavy (non-hydrogen) atoms. The number of carbonyl (C=O) groups excluding carboxylic acids is 1. The molecule has 0 spiro atoms. The van der Waals surface area contributed by atoms with E-state index in [1.165, 1.54) is 0 Å². The minimum atomic E-state index is -0.999. The highest BCUT2D eigenvalue weighted by atomic mass is 19.1. The van der Waals surface area contributed by atoms with E-state index in [1.807, 2.05) is 0 Å². The van der Waals surface area contributed by atoms with Crippen LogP contribution in [0.5, 0.6) is 5.75 Å². The zero-order valence-corrected chi connectivity index (χ0v) is 9.58. The minimum Gasteiger partial charge on any atom is -0.423 e. The van der Waals surface area contributed by atoms with Crippen molar-refractivity contribution in [3.8, 4) is 5.75 Å². The summed E-state index contributed by atoms with van der Waals surface area (Å²) in [6.45, 7) is 0. The topological polar surface area (TPSA) is 69.4 Å². The Labute approximate surface area is 107 Å². The van der Waals surface area contributed by atoms with Gasteiger partial charge in [0.25, 0.3) is 0 Å². The normalized spacial score (nSPS) is 9.95. The molecule has 0 unspecified atom stereocenters. The summed E-state index contributed by atoms with van der Waals surface area (Å²) < 4.78 is 18.1. The first-order chi connectivity index (χ1) is 9.08. The van der Waals surface area contributed by atoms with E-state index >= 15 is 0 Å². The second-order valence-corrected chi connectivity index (χ2v) is 3.63. The van der Waals surface area contributed by atoms with Crippen molar-refractivity contribution in [2.24, 2.45) is 0 Å². The number of ether oxygens (including phenoxy) is 1. The molecule has 0 saturated carbocycles. The third kappa shape index (κ3) is 2.92. The van der Waals surface area contributed by atoms with Crippen molar-refractivity contribution >= 4 is 11.7 Å². The van der Waals surface area contributed by atoms with Crippen molar-refractivity contribution in [2.75, 3.05) is 0 Å². The molecule has 0 fully saturated rings. The van der Waals surface area contributed by atoms with Gasteiger partial charge in [0.2, 0.25) is 5.82 Å². The molecule has 0 N–H and O–H groups in total. The van der Waals surface area contributed by atoms with Crippen LogP contribution < -0.4 is 4.74 Å². The van der Waals surface area contributed by atoms with Crippen LogP contribution in [-0.2, 0) is 0 Å². The van der Waals surface area contributed by atoms with Crippen LogP contribution in [0.4, 0.5) is 10.1 Å². The molecule has 2 aromatic carbocycles. The lowest BCUT2D eigenvalue weighted by Gasteiger charge is -2.04. The quantitative estimate of drug-likeness (QED) is 0.368. The molecular formula is C13H8FNO4. The van der Waals surface area contributed by atoms with Crippen LogP contribution in [0.1, 0.15) is 10.4 Å². The van der Waals surface area contributed by atoms with Crippen molar-refractivity contribution in [2.45, 2.75) is 0 Å². The molecule has 0 saturated heterocycles. The summed E-state index contributed by atoms with van der Waals surface area (Å²) in [5.41, 5.74) is -0.848. The largest absolute Gasteiger partial charge is 0.423 e. The van der Waals surface area contributed by atoms with Gasteiger partial charge in [-0.1, -0.05) is 18.2 Å². The number of hydrogen-bond donors (Lipinski definition) is 0. The number of para-hydroxylation sites is 1. The van der Waals surface area contributed by atoms with E-state index in [4.69, 9.17) is 4.74 Å². The van der Waals surface area contributed by atoms with Crippen LogP contribution in [0, 0.1) is 15.9 Å². The number of rotatable bonds is 3. The van der Waals surface area contributed by atoms with Gasteiger partial charge in [0, 0.05) is 6.07 Å². The standard InChI is InChI=1S/C13H8FNO4/c14-11-7-6-9(8-12(11)15(17)18)13(16)19-10-4-2-1-3-5-10/h1-8H. The summed E-state index contributed by atoms with van der Waals surface area (Å²) in [5.74, 6) is -1.48. The summed E-state index contributed by atoms with van der Waals surface area (Å²) in [7, 11) is 0. The van der Waals surface area contributed by atoms with Crippen LogP contribution >= 0.6 is 0 Å². The van der Waals surface area contributed by atoms with Gasteiger partial charge in [-0.3, -0.25) is 10.1 Å². The van der Waals surface area contributed by atoms with Crippen LogP contribution in [0.25, 0.3) is 0 Å². The van der Waals surface area contributed by atoms with Gasteiger partial charge >= 0.3 is 11.7 Å². The highest BCUT2D eigenvalue weighted by molar-refractivity contribution is 5.91. The zero-order valence-electron chi connectivity index (χ0n) is 9.58. The van der Waals surface area contributed by atoms with Crippen molar-refractivity contribution in [3.05, 3.63) is 70.0 Å². The molecule has 2 aromatic rings. The van der Waals surface area contributed by atoms with E-state index in [0.717, 1.165) is 18.2 Å². The predicted molar refractivity (Wildman–Crippen MR) is 64.5 cm³/mol. The van der Waals surface area contributed by atoms with Gasteiger partial charge in [-0.25, -0.2) is 4.79 Å². The summed E-state index contributed by atoms with van der Waals surface area (Å²) in [5, 5.41) is 10.6. The van der Waals surface area contributed by atoms with E-state index in [1.54, 1.807) is 30.3 Å². The van der Waals surface area contributed by atoms with Crippen molar-refractivity contribution < 1.29 is 18.8 Å². The van der Waals surface area contributed by atoms with Crippen LogP contribution in [-0.4, -0.2) is 10.9 Å². The summed E-state index contributed by atoms with van der Waals surface area (Å²) in [6, 6.07) is 11.1. The Bertz CT molecular complexity index is 628. The minimum absolute atomic E-state index is 0.0862. The van der Waals surface area contributed by atoms with E-state index < -0.39 is 22.4 Å². The average Bonchev–Trinajstić information content (AvgIpc) is 2.40. The fourth-order valence-corrected chi connectivity index (χ4v) is 1.43.